The van der Waals surface area contributed by atoms with Gasteiger partial charge < -0.3 is 14.6 Å². The number of imidazole rings is 1. The van der Waals surface area contributed by atoms with Gasteiger partial charge in [0.15, 0.2) is 0 Å². The van der Waals surface area contributed by atoms with Crippen LogP contribution in [0.3, 0.4) is 0 Å². The molecule has 1 atom stereocenters. The van der Waals surface area contributed by atoms with Crippen molar-refractivity contribution in [1.82, 2.24) is 14.9 Å². The fourth-order valence-corrected chi connectivity index (χ4v) is 3.94. The third kappa shape index (κ3) is 2.68. The topological polar surface area (TPSA) is 58.2 Å². The molecule has 0 saturated carbocycles. The average molecular weight is 325 g/mol. The third-order valence-corrected chi connectivity index (χ3v) is 5.25. The molecule has 0 bridgehead atoms. The third-order valence-electron chi connectivity index (χ3n) is 5.25. The van der Waals surface area contributed by atoms with E-state index in [1.165, 1.54) is 11.1 Å². The van der Waals surface area contributed by atoms with Crippen LogP contribution in [0.15, 0.2) is 18.2 Å². The second kappa shape index (κ2) is 5.96. The lowest BCUT2D eigenvalue weighted by atomic mass is 9.88. The summed E-state index contributed by atoms with van der Waals surface area (Å²) in [6.07, 6.45) is 3.50. The molecule has 2 aliphatic rings. The first kappa shape index (κ1) is 15.2. The van der Waals surface area contributed by atoms with Crippen LogP contribution in [0.2, 0.25) is 0 Å². The van der Waals surface area contributed by atoms with Crippen molar-refractivity contribution in [3.05, 3.63) is 46.5 Å². The van der Waals surface area contributed by atoms with E-state index < -0.39 is 0 Å². The molecule has 24 heavy (non-hydrogen) atoms. The maximum atomic E-state index is 13.0. The highest BCUT2D eigenvalue weighted by Crippen LogP contribution is 2.29. The van der Waals surface area contributed by atoms with E-state index in [1.807, 2.05) is 17.9 Å². The first-order valence-corrected chi connectivity index (χ1v) is 8.63. The van der Waals surface area contributed by atoms with Gasteiger partial charge in [-0.25, -0.2) is 4.98 Å². The number of carbonyl (C=O) groups is 1. The molecule has 0 fully saturated rings. The monoisotopic (exact) mass is 325 g/mol. The zero-order valence-corrected chi connectivity index (χ0v) is 14.3. The van der Waals surface area contributed by atoms with Crippen molar-refractivity contribution in [1.29, 1.82) is 0 Å². The Hall–Kier alpha value is -2.30. The van der Waals surface area contributed by atoms with Crippen LogP contribution >= 0.6 is 0 Å². The van der Waals surface area contributed by atoms with E-state index in [4.69, 9.17) is 4.74 Å². The van der Waals surface area contributed by atoms with Crippen molar-refractivity contribution in [3.63, 3.8) is 0 Å². The standard InChI is InChI=1S/C19H23N3O2/c1-12-20-17-6-4-14(10-18(17)21-12)19(23)22-8-7-13-9-16(24-2)5-3-15(13)11-22/h3,5,9,14H,4,6-8,10-11H2,1-2H3,(H,20,21). The van der Waals surface area contributed by atoms with E-state index in [1.54, 1.807) is 7.11 Å². The normalized spacial score (nSPS) is 19.6. The number of fused-ring (bicyclic) bond motifs is 2. The maximum Gasteiger partial charge on any atom is 0.226 e. The number of H-pyrrole nitrogens is 1. The van der Waals surface area contributed by atoms with Crippen molar-refractivity contribution in [3.8, 4) is 5.75 Å². The van der Waals surface area contributed by atoms with E-state index in [2.05, 4.69) is 22.1 Å². The van der Waals surface area contributed by atoms with Crippen molar-refractivity contribution >= 4 is 5.91 Å². The molecule has 1 amide bonds. The number of aromatic nitrogens is 2. The molecule has 5 nitrogen and oxygen atoms in total. The largest absolute Gasteiger partial charge is 0.497 e. The van der Waals surface area contributed by atoms with Crippen LogP contribution in [0.1, 0.15) is 34.8 Å². The summed E-state index contributed by atoms with van der Waals surface area (Å²) in [6, 6.07) is 6.16. The Morgan fingerprint density at radius 3 is 3.04 bits per heavy atom. The SMILES string of the molecule is COc1ccc2c(c1)CCN(C(=O)C1CCc3nc(C)[nH]c3C1)C2. The van der Waals surface area contributed by atoms with Gasteiger partial charge in [-0.05, 0) is 49.4 Å². The minimum atomic E-state index is 0.0807. The second-order valence-corrected chi connectivity index (χ2v) is 6.83. The number of nitrogens with zero attached hydrogens (tertiary/aromatic N) is 2. The summed E-state index contributed by atoms with van der Waals surface area (Å²) in [5.74, 6) is 2.21. The molecule has 2 heterocycles. The van der Waals surface area contributed by atoms with Gasteiger partial charge >= 0.3 is 0 Å². The number of benzene rings is 1. The number of hydrogen-bond acceptors (Lipinski definition) is 3. The van der Waals surface area contributed by atoms with Gasteiger partial charge in [0.1, 0.15) is 11.6 Å². The number of amides is 1. The number of carbonyl (C=O) groups excluding carboxylic acids is 1. The van der Waals surface area contributed by atoms with E-state index in [0.29, 0.717) is 6.54 Å². The molecule has 1 unspecified atom stereocenters. The van der Waals surface area contributed by atoms with Crippen LogP contribution < -0.4 is 4.74 Å². The Bertz CT molecular complexity index is 781. The lowest BCUT2D eigenvalue weighted by molar-refractivity contribution is -0.136. The Morgan fingerprint density at radius 2 is 2.21 bits per heavy atom. The first-order valence-electron chi connectivity index (χ1n) is 8.63. The maximum absolute atomic E-state index is 13.0. The van der Waals surface area contributed by atoms with Crippen molar-refractivity contribution in [2.24, 2.45) is 5.92 Å². The van der Waals surface area contributed by atoms with Gasteiger partial charge in [-0.3, -0.25) is 4.79 Å². The van der Waals surface area contributed by atoms with Gasteiger partial charge in [0.05, 0.1) is 12.8 Å². The number of methoxy groups -OCH3 is 1. The molecule has 4 rings (SSSR count). The summed E-state index contributed by atoms with van der Waals surface area (Å²) in [5.41, 5.74) is 4.84. The Balaban J connectivity index is 1.48. The number of rotatable bonds is 2. The van der Waals surface area contributed by atoms with Gasteiger partial charge in [-0.2, -0.15) is 0 Å². The summed E-state index contributed by atoms with van der Waals surface area (Å²) < 4.78 is 5.30. The van der Waals surface area contributed by atoms with Crippen LogP contribution in [0.4, 0.5) is 0 Å². The summed E-state index contributed by atoms with van der Waals surface area (Å²) in [6.45, 7) is 3.48. The molecule has 126 valence electrons. The van der Waals surface area contributed by atoms with Crippen molar-refractivity contribution < 1.29 is 9.53 Å². The highest BCUT2D eigenvalue weighted by atomic mass is 16.5. The molecule has 1 N–H and O–H groups in total. The predicted octanol–water partition coefficient (Wildman–Crippen LogP) is 2.42. The molecular formula is C19H23N3O2. The molecule has 2 aromatic rings. The number of aryl methyl sites for hydroxylation is 2. The van der Waals surface area contributed by atoms with E-state index in [9.17, 15) is 4.79 Å². The fraction of sp³-hybridized carbons (Fsp3) is 0.474. The lowest BCUT2D eigenvalue weighted by Gasteiger charge is -2.33. The molecule has 0 spiro atoms. The number of ether oxygens (including phenoxy) is 1. The summed E-state index contributed by atoms with van der Waals surface area (Å²) in [5, 5.41) is 0. The molecule has 1 aromatic carbocycles. The summed E-state index contributed by atoms with van der Waals surface area (Å²) >= 11 is 0. The van der Waals surface area contributed by atoms with Gasteiger partial charge in [-0.15, -0.1) is 0 Å². The average Bonchev–Trinajstić information content (AvgIpc) is 2.99. The lowest BCUT2D eigenvalue weighted by Crippen LogP contribution is -2.41. The zero-order chi connectivity index (χ0) is 16.7. The van der Waals surface area contributed by atoms with Crippen LogP contribution in [0.5, 0.6) is 5.75 Å². The van der Waals surface area contributed by atoms with Crippen LogP contribution in [-0.4, -0.2) is 34.4 Å². The molecule has 5 heteroatoms. The summed E-state index contributed by atoms with van der Waals surface area (Å²) in [4.78, 5) is 22.8. The van der Waals surface area contributed by atoms with E-state index in [-0.39, 0.29) is 11.8 Å². The van der Waals surface area contributed by atoms with E-state index in [0.717, 1.165) is 55.2 Å². The first-order chi connectivity index (χ1) is 11.6. The number of hydrogen-bond donors (Lipinski definition) is 1. The zero-order valence-electron chi connectivity index (χ0n) is 14.3. The second-order valence-electron chi connectivity index (χ2n) is 6.83. The molecular weight excluding hydrogens is 302 g/mol. The molecule has 1 aliphatic heterocycles. The predicted molar refractivity (Wildman–Crippen MR) is 91.0 cm³/mol. The van der Waals surface area contributed by atoms with E-state index >= 15 is 0 Å². The van der Waals surface area contributed by atoms with Crippen molar-refractivity contribution in [2.45, 2.75) is 39.2 Å². The quantitative estimate of drug-likeness (QED) is 0.922. The fourth-order valence-electron chi connectivity index (χ4n) is 3.94. The van der Waals surface area contributed by atoms with Gasteiger partial charge in [-0.1, -0.05) is 6.07 Å². The minimum Gasteiger partial charge on any atom is -0.497 e. The number of nitrogens with one attached hydrogen (secondary N) is 1. The van der Waals surface area contributed by atoms with Gasteiger partial charge in [0.25, 0.3) is 0 Å². The molecule has 1 aliphatic carbocycles. The van der Waals surface area contributed by atoms with Crippen LogP contribution in [-0.2, 0) is 30.6 Å². The molecule has 0 radical (unpaired) electrons. The van der Waals surface area contributed by atoms with Crippen LogP contribution in [0, 0.1) is 12.8 Å². The highest BCUT2D eigenvalue weighted by molar-refractivity contribution is 5.79. The Morgan fingerprint density at radius 1 is 1.33 bits per heavy atom. The van der Waals surface area contributed by atoms with Gasteiger partial charge in [0, 0.05) is 31.1 Å². The molecule has 0 saturated heterocycles. The van der Waals surface area contributed by atoms with Gasteiger partial charge in [0.2, 0.25) is 5.91 Å². The van der Waals surface area contributed by atoms with Crippen molar-refractivity contribution in [2.75, 3.05) is 13.7 Å². The number of aromatic amines is 1. The summed E-state index contributed by atoms with van der Waals surface area (Å²) in [7, 11) is 1.69. The highest BCUT2D eigenvalue weighted by Gasteiger charge is 2.31. The Labute approximate surface area is 142 Å². The molecule has 1 aromatic heterocycles. The minimum absolute atomic E-state index is 0.0807. The smallest absolute Gasteiger partial charge is 0.226 e. The van der Waals surface area contributed by atoms with Crippen LogP contribution in [0.25, 0.3) is 0 Å². The Kier molecular flexibility index (Phi) is 3.79.